The molecule has 7 nitrogen and oxygen atoms in total. The molecule has 2 aromatic carbocycles. The van der Waals surface area contributed by atoms with Gasteiger partial charge in [0.1, 0.15) is 0 Å². The summed E-state index contributed by atoms with van der Waals surface area (Å²) >= 11 is 0. The van der Waals surface area contributed by atoms with Gasteiger partial charge in [-0.25, -0.2) is 14.8 Å². The quantitative estimate of drug-likeness (QED) is 0.549. The second-order valence-electron chi connectivity index (χ2n) is 6.39. The summed E-state index contributed by atoms with van der Waals surface area (Å²) in [7, 11) is 3.04. The van der Waals surface area contributed by atoms with Crippen LogP contribution in [0.15, 0.2) is 36.4 Å². The molecule has 3 aromatic rings. The minimum Gasteiger partial charge on any atom is -0.493 e. The maximum atomic E-state index is 13.0. The Kier molecular flexibility index (Phi) is 6.47. The van der Waals surface area contributed by atoms with Gasteiger partial charge in [0.25, 0.3) is 0 Å². The Labute approximate surface area is 176 Å². The van der Waals surface area contributed by atoms with Gasteiger partial charge in [-0.3, -0.25) is 0 Å². The number of nitrogens with zero attached hydrogens (tertiary/aromatic N) is 2. The fraction of sp³-hybridized carbons (Fsp3) is 0.286. The molecule has 0 aliphatic rings. The van der Waals surface area contributed by atoms with E-state index in [1.54, 1.807) is 25.1 Å². The average Bonchev–Trinajstić information content (AvgIpc) is 2.75. The summed E-state index contributed by atoms with van der Waals surface area (Å²) in [6.07, 6.45) is -4.54. The van der Waals surface area contributed by atoms with Gasteiger partial charge in [-0.05, 0) is 42.8 Å². The highest BCUT2D eigenvalue weighted by Gasteiger charge is 2.31. The molecule has 0 saturated carbocycles. The van der Waals surface area contributed by atoms with Crippen LogP contribution >= 0.6 is 0 Å². The van der Waals surface area contributed by atoms with Gasteiger partial charge < -0.3 is 19.5 Å². The first-order valence-electron chi connectivity index (χ1n) is 9.27. The largest absolute Gasteiger partial charge is 0.493 e. The van der Waals surface area contributed by atoms with E-state index >= 15 is 0 Å². The maximum Gasteiger partial charge on any atom is 0.416 e. The molecule has 164 valence electrons. The van der Waals surface area contributed by atoms with Gasteiger partial charge in [-0.2, -0.15) is 13.2 Å². The maximum absolute atomic E-state index is 13.0. The van der Waals surface area contributed by atoms with E-state index in [9.17, 15) is 18.0 Å². The van der Waals surface area contributed by atoms with Gasteiger partial charge in [-0.1, -0.05) is 6.07 Å². The third-order valence-corrected chi connectivity index (χ3v) is 4.37. The first kappa shape index (κ1) is 22.1. The summed E-state index contributed by atoms with van der Waals surface area (Å²) in [4.78, 5) is 20.8. The normalized spacial score (nSPS) is 11.3. The van der Waals surface area contributed by atoms with Crippen molar-refractivity contribution in [1.29, 1.82) is 0 Å². The van der Waals surface area contributed by atoms with Crippen LogP contribution in [-0.4, -0.2) is 36.8 Å². The van der Waals surface area contributed by atoms with E-state index in [2.05, 4.69) is 15.3 Å². The highest BCUT2D eigenvalue weighted by Crippen LogP contribution is 2.32. The number of ether oxygens (including phenoxy) is 3. The molecular formula is C21H20F3N3O4. The predicted octanol–water partition coefficient (Wildman–Crippen LogP) is 4.45. The number of hydrogen-bond donors (Lipinski definition) is 1. The minimum atomic E-state index is -4.54. The molecular weight excluding hydrogens is 415 g/mol. The number of esters is 1. The molecule has 1 aromatic heterocycles. The Morgan fingerprint density at radius 1 is 1.00 bits per heavy atom. The average molecular weight is 435 g/mol. The molecule has 0 radical (unpaired) electrons. The number of carbonyl (C=O) groups excluding carboxylic acids is 1. The number of methoxy groups -OCH3 is 2. The zero-order valence-electron chi connectivity index (χ0n) is 17.0. The number of alkyl halides is 3. The Hall–Kier alpha value is -3.56. The second kappa shape index (κ2) is 9.07. The van der Waals surface area contributed by atoms with Crippen LogP contribution in [0, 0.1) is 0 Å². The monoisotopic (exact) mass is 435 g/mol. The highest BCUT2D eigenvalue weighted by atomic mass is 19.4. The molecule has 0 atom stereocenters. The molecule has 0 saturated heterocycles. The number of anilines is 1. The minimum absolute atomic E-state index is 0.0606. The van der Waals surface area contributed by atoms with Crippen molar-refractivity contribution in [2.75, 3.05) is 26.1 Å². The van der Waals surface area contributed by atoms with Gasteiger partial charge >= 0.3 is 12.1 Å². The molecule has 0 aliphatic heterocycles. The molecule has 3 rings (SSSR count). The smallest absolute Gasteiger partial charge is 0.416 e. The van der Waals surface area contributed by atoms with E-state index in [-0.39, 0.29) is 35.7 Å². The van der Waals surface area contributed by atoms with Crippen LogP contribution < -0.4 is 14.8 Å². The number of nitrogens with one attached hydrogen (secondary N) is 1. The summed E-state index contributed by atoms with van der Waals surface area (Å²) in [5, 5.41) is 3.00. The molecule has 0 bridgehead atoms. The third kappa shape index (κ3) is 4.96. The number of rotatable bonds is 7. The van der Waals surface area contributed by atoms with E-state index in [1.807, 2.05) is 0 Å². The Bertz CT molecular complexity index is 1100. The van der Waals surface area contributed by atoms with Gasteiger partial charge in [0.2, 0.25) is 0 Å². The summed E-state index contributed by atoms with van der Waals surface area (Å²) < 4.78 is 54.6. The van der Waals surface area contributed by atoms with E-state index in [0.717, 1.165) is 17.7 Å². The van der Waals surface area contributed by atoms with E-state index < -0.39 is 17.7 Å². The number of carbonyl (C=O) groups is 1. The summed E-state index contributed by atoms with van der Waals surface area (Å²) in [6.45, 7) is 1.94. The van der Waals surface area contributed by atoms with Crippen LogP contribution in [0.3, 0.4) is 0 Å². The van der Waals surface area contributed by atoms with Crippen LogP contribution in [0.1, 0.15) is 28.5 Å². The van der Waals surface area contributed by atoms with Crippen molar-refractivity contribution in [1.82, 2.24) is 9.97 Å². The second-order valence-corrected chi connectivity index (χ2v) is 6.39. The molecule has 31 heavy (non-hydrogen) atoms. The first-order valence-corrected chi connectivity index (χ1v) is 9.27. The molecule has 0 unspecified atom stereocenters. The zero-order chi connectivity index (χ0) is 22.6. The van der Waals surface area contributed by atoms with Crippen molar-refractivity contribution in [2.45, 2.75) is 19.6 Å². The zero-order valence-corrected chi connectivity index (χ0v) is 17.0. The Morgan fingerprint density at radius 2 is 1.74 bits per heavy atom. The van der Waals surface area contributed by atoms with Gasteiger partial charge in [-0.15, -0.1) is 0 Å². The van der Waals surface area contributed by atoms with Crippen molar-refractivity contribution in [3.8, 4) is 11.5 Å². The topological polar surface area (TPSA) is 82.6 Å². The Balaban J connectivity index is 1.97. The first-order chi connectivity index (χ1) is 14.8. The number of hydrogen-bond acceptors (Lipinski definition) is 7. The number of benzene rings is 2. The number of fused-ring (bicyclic) bond motifs is 1. The summed E-state index contributed by atoms with van der Waals surface area (Å²) in [6, 6.07) is 8.25. The van der Waals surface area contributed by atoms with Crippen molar-refractivity contribution in [3.05, 3.63) is 53.2 Å². The van der Waals surface area contributed by atoms with Crippen LogP contribution in [0.5, 0.6) is 11.5 Å². The van der Waals surface area contributed by atoms with E-state index in [4.69, 9.17) is 14.2 Å². The van der Waals surface area contributed by atoms with Crippen molar-refractivity contribution in [2.24, 2.45) is 0 Å². The third-order valence-electron chi connectivity index (χ3n) is 4.37. The predicted molar refractivity (Wildman–Crippen MR) is 107 cm³/mol. The number of aromatic nitrogens is 2. The van der Waals surface area contributed by atoms with E-state index in [0.29, 0.717) is 11.5 Å². The van der Waals surface area contributed by atoms with Crippen molar-refractivity contribution < 1.29 is 32.2 Å². The molecule has 0 amide bonds. The molecule has 0 fully saturated rings. The number of halogens is 3. The van der Waals surface area contributed by atoms with Crippen LogP contribution in [0.2, 0.25) is 0 Å². The van der Waals surface area contributed by atoms with Crippen LogP contribution in [0.4, 0.5) is 19.0 Å². The molecule has 1 N–H and O–H groups in total. The summed E-state index contributed by atoms with van der Waals surface area (Å²) in [5.74, 6) is 0.394. The molecule has 10 heteroatoms. The lowest BCUT2D eigenvalue weighted by atomic mass is 10.1. The van der Waals surface area contributed by atoms with Crippen molar-refractivity contribution >= 4 is 22.8 Å². The lowest BCUT2D eigenvalue weighted by Gasteiger charge is -2.13. The summed E-state index contributed by atoms with van der Waals surface area (Å²) in [5.41, 5.74) is -0.142. The van der Waals surface area contributed by atoms with Gasteiger partial charge in [0, 0.05) is 6.54 Å². The van der Waals surface area contributed by atoms with Crippen LogP contribution in [0.25, 0.3) is 11.0 Å². The standard InChI is InChI=1S/C21H20F3N3O4/c1-4-31-20(28)18-19(25-11-12-5-8-16(29-2)17(9-12)30-3)27-14-7-6-13(21(22,23)24)10-15(14)26-18/h5-10H,4,11H2,1-3H3,(H,25,27). The van der Waals surface area contributed by atoms with Crippen LogP contribution in [-0.2, 0) is 17.5 Å². The highest BCUT2D eigenvalue weighted by molar-refractivity contribution is 5.95. The van der Waals surface area contributed by atoms with Gasteiger partial charge in [0.05, 0.1) is 37.4 Å². The van der Waals surface area contributed by atoms with Gasteiger partial charge in [0.15, 0.2) is 23.0 Å². The molecule has 1 heterocycles. The molecule has 0 spiro atoms. The molecule has 0 aliphatic carbocycles. The van der Waals surface area contributed by atoms with Crippen molar-refractivity contribution in [3.63, 3.8) is 0 Å². The lowest BCUT2D eigenvalue weighted by molar-refractivity contribution is -0.137. The fourth-order valence-electron chi connectivity index (χ4n) is 2.87. The Morgan fingerprint density at radius 3 is 2.39 bits per heavy atom. The SMILES string of the molecule is CCOC(=O)c1nc2cc(C(F)(F)F)ccc2nc1NCc1ccc(OC)c(OC)c1. The fourth-order valence-corrected chi connectivity index (χ4v) is 2.87. The van der Waals surface area contributed by atoms with E-state index in [1.165, 1.54) is 20.3 Å². The lowest BCUT2D eigenvalue weighted by Crippen LogP contribution is -2.14.